The van der Waals surface area contributed by atoms with E-state index in [0.717, 1.165) is 11.6 Å². The van der Waals surface area contributed by atoms with Gasteiger partial charge in [0, 0.05) is 6.04 Å². The number of ether oxygens (including phenoxy) is 1. The fourth-order valence-electron chi connectivity index (χ4n) is 3.04. The molecule has 0 aromatic heterocycles. The zero-order valence-corrected chi connectivity index (χ0v) is 12.0. The lowest BCUT2D eigenvalue weighted by atomic mass is 9.89. The SMILES string of the molecule is CN1C2C=C(c3ccc(C#N)c(C(F)(F)F)c3)CC1COC2. The molecule has 0 saturated carbocycles. The molecule has 2 heterocycles. The summed E-state index contributed by atoms with van der Waals surface area (Å²) < 4.78 is 44.7. The highest BCUT2D eigenvalue weighted by molar-refractivity contribution is 5.69. The summed E-state index contributed by atoms with van der Waals surface area (Å²) in [4.78, 5) is 2.20. The van der Waals surface area contributed by atoms with Crippen molar-refractivity contribution in [2.24, 2.45) is 0 Å². The number of hydrogen-bond acceptors (Lipinski definition) is 3. The van der Waals surface area contributed by atoms with Crippen molar-refractivity contribution in [2.75, 3.05) is 20.3 Å². The first-order valence-electron chi connectivity index (χ1n) is 7.02. The van der Waals surface area contributed by atoms with Crippen LogP contribution in [0.2, 0.25) is 0 Å². The van der Waals surface area contributed by atoms with Gasteiger partial charge in [0.15, 0.2) is 0 Å². The number of likely N-dealkylation sites (N-methyl/N-ethyl adjacent to an activating group) is 1. The number of nitrogens with zero attached hydrogens (tertiary/aromatic N) is 2. The normalized spacial score (nSPS) is 25.5. The van der Waals surface area contributed by atoms with E-state index < -0.39 is 11.7 Å². The minimum atomic E-state index is -4.52. The van der Waals surface area contributed by atoms with Gasteiger partial charge in [-0.25, -0.2) is 0 Å². The molecule has 6 heteroatoms. The quantitative estimate of drug-likeness (QED) is 0.800. The Morgan fingerprint density at radius 1 is 1.32 bits per heavy atom. The molecule has 1 aromatic rings. The molecule has 2 aliphatic rings. The number of alkyl halides is 3. The third kappa shape index (κ3) is 2.62. The predicted octanol–water partition coefficient (Wildman–Crippen LogP) is 3.06. The van der Waals surface area contributed by atoms with E-state index in [2.05, 4.69) is 4.90 Å². The zero-order valence-electron chi connectivity index (χ0n) is 12.0. The lowest BCUT2D eigenvalue weighted by Crippen LogP contribution is -2.51. The van der Waals surface area contributed by atoms with E-state index in [4.69, 9.17) is 10.00 Å². The maximum absolute atomic E-state index is 13.1. The van der Waals surface area contributed by atoms with E-state index >= 15 is 0 Å². The summed E-state index contributed by atoms with van der Waals surface area (Å²) in [6.07, 6.45) is -1.90. The van der Waals surface area contributed by atoms with Crippen LogP contribution < -0.4 is 0 Å². The molecular weight excluding hydrogens is 293 g/mol. The molecule has 1 fully saturated rings. The van der Waals surface area contributed by atoms with E-state index in [1.807, 2.05) is 13.1 Å². The smallest absolute Gasteiger partial charge is 0.378 e. The van der Waals surface area contributed by atoms with Crippen molar-refractivity contribution in [3.63, 3.8) is 0 Å². The lowest BCUT2D eigenvalue weighted by Gasteiger charge is -2.42. The second-order valence-electron chi connectivity index (χ2n) is 5.69. The molecule has 116 valence electrons. The van der Waals surface area contributed by atoms with Gasteiger partial charge in [0.1, 0.15) is 0 Å². The van der Waals surface area contributed by atoms with Gasteiger partial charge in [0.25, 0.3) is 0 Å². The maximum atomic E-state index is 13.1. The summed E-state index contributed by atoms with van der Waals surface area (Å²) in [6, 6.07) is 5.83. The fourth-order valence-corrected chi connectivity index (χ4v) is 3.04. The van der Waals surface area contributed by atoms with E-state index in [9.17, 15) is 13.2 Å². The average Bonchev–Trinajstić information content (AvgIpc) is 2.45. The number of fused-ring (bicyclic) bond motifs is 2. The minimum Gasteiger partial charge on any atom is -0.378 e. The van der Waals surface area contributed by atoms with Crippen molar-refractivity contribution in [1.82, 2.24) is 4.90 Å². The molecule has 0 amide bonds. The van der Waals surface area contributed by atoms with Crippen LogP contribution in [0.25, 0.3) is 5.57 Å². The summed E-state index contributed by atoms with van der Waals surface area (Å²) in [5.41, 5.74) is 0.227. The van der Waals surface area contributed by atoms with Gasteiger partial charge in [-0.2, -0.15) is 18.4 Å². The number of morpholine rings is 1. The number of rotatable bonds is 1. The first-order chi connectivity index (χ1) is 10.4. The largest absolute Gasteiger partial charge is 0.417 e. The predicted molar refractivity (Wildman–Crippen MR) is 74.9 cm³/mol. The fraction of sp³-hybridized carbons (Fsp3) is 0.438. The van der Waals surface area contributed by atoms with Gasteiger partial charge in [-0.3, -0.25) is 4.90 Å². The summed E-state index contributed by atoms with van der Waals surface area (Å²) in [6.45, 7) is 1.14. The molecule has 3 rings (SSSR count). The summed E-state index contributed by atoms with van der Waals surface area (Å²) >= 11 is 0. The highest BCUT2D eigenvalue weighted by Gasteiger charge is 2.36. The molecule has 0 aliphatic carbocycles. The molecule has 2 aliphatic heterocycles. The lowest BCUT2D eigenvalue weighted by molar-refractivity contribution is -0.137. The molecule has 0 spiro atoms. The van der Waals surface area contributed by atoms with E-state index in [1.54, 1.807) is 12.1 Å². The molecule has 2 bridgehead atoms. The maximum Gasteiger partial charge on any atom is 0.417 e. The number of benzene rings is 1. The number of halogens is 3. The highest BCUT2D eigenvalue weighted by Crippen LogP contribution is 2.36. The van der Waals surface area contributed by atoms with Crippen LogP contribution in [0, 0.1) is 11.3 Å². The third-order valence-electron chi connectivity index (χ3n) is 4.36. The molecule has 1 saturated heterocycles. The van der Waals surface area contributed by atoms with E-state index in [0.29, 0.717) is 25.2 Å². The summed E-state index contributed by atoms with van der Waals surface area (Å²) in [5, 5.41) is 8.86. The molecule has 3 nitrogen and oxygen atoms in total. The van der Waals surface area contributed by atoms with Crippen LogP contribution in [0.3, 0.4) is 0 Å². The standard InChI is InChI=1S/C16H15F3N2O/c1-21-13-4-12(5-14(21)9-22-8-13)10-2-3-11(7-20)15(6-10)16(17,18)19/h2-4,6,13-14H,5,8-9H2,1H3. The van der Waals surface area contributed by atoms with Crippen LogP contribution in [0.4, 0.5) is 13.2 Å². The van der Waals surface area contributed by atoms with Gasteiger partial charge in [0.05, 0.1) is 36.5 Å². The van der Waals surface area contributed by atoms with Crippen molar-refractivity contribution in [3.8, 4) is 6.07 Å². The van der Waals surface area contributed by atoms with Crippen LogP contribution >= 0.6 is 0 Å². The average molecular weight is 308 g/mol. The molecule has 0 radical (unpaired) electrons. The highest BCUT2D eigenvalue weighted by atomic mass is 19.4. The Morgan fingerprint density at radius 2 is 2.09 bits per heavy atom. The van der Waals surface area contributed by atoms with Crippen LogP contribution in [0.5, 0.6) is 0 Å². The van der Waals surface area contributed by atoms with Gasteiger partial charge < -0.3 is 4.74 Å². The summed E-state index contributed by atoms with van der Waals surface area (Å²) in [7, 11) is 2.01. The van der Waals surface area contributed by atoms with Gasteiger partial charge in [-0.15, -0.1) is 0 Å². The Balaban J connectivity index is 2.01. The minimum absolute atomic E-state index is 0.0903. The molecular formula is C16H15F3N2O. The number of nitriles is 1. The first kappa shape index (κ1) is 15.1. The van der Waals surface area contributed by atoms with Crippen LogP contribution in [0.1, 0.15) is 23.1 Å². The third-order valence-corrected chi connectivity index (χ3v) is 4.36. The second kappa shape index (κ2) is 5.41. The zero-order chi connectivity index (χ0) is 15.9. The molecule has 2 unspecified atom stereocenters. The van der Waals surface area contributed by atoms with Crippen molar-refractivity contribution in [1.29, 1.82) is 5.26 Å². The van der Waals surface area contributed by atoms with Gasteiger partial charge in [-0.1, -0.05) is 12.1 Å². The van der Waals surface area contributed by atoms with Crippen molar-refractivity contribution in [3.05, 3.63) is 41.0 Å². The summed E-state index contributed by atoms with van der Waals surface area (Å²) in [5.74, 6) is 0. The number of hydrogen-bond donors (Lipinski definition) is 0. The Hall–Kier alpha value is -1.84. The second-order valence-corrected chi connectivity index (χ2v) is 5.69. The molecule has 2 atom stereocenters. The van der Waals surface area contributed by atoms with Crippen molar-refractivity contribution < 1.29 is 17.9 Å². The Bertz CT molecular complexity index is 660. The van der Waals surface area contributed by atoms with Crippen LogP contribution in [-0.4, -0.2) is 37.2 Å². The molecule has 1 aromatic carbocycles. The van der Waals surface area contributed by atoms with Crippen LogP contribution in [0.15, 0.2) is 24.3 Å². The molecule has 22 heavy (non-hydrogen) atoms. The Labute approximate surface area is 126 Å². The van der Waals surface area contributed by atoms with Gasteiger partial charge in [-0.05, 0) is 36.7 Å². The van der Waals surface area contributed by atoms with Gasteiger partial charge in [0.2, 0.25) is 0 Å². The first-order valence-corrected chi connectivity index (χ1v) is 7.02. The topological polar surface area (TPSA) is 36.3 Å². The van der Waals surface area contributed by atoms with E-state index in [-0.39, 0.29) is 17.6 Å². The Morgan fingerprint density at radius 3 is 2.73 bits per heavy atom. The monoisotopic (exact) mass is 308 g/mol. The van der Waals surface area contributed by atoms with Crippen molar-refractivity contribution in [2.45, 2.75) is 24.7 Å². The van der Waals surface area contributed by atoms with E-state index in [1.165, 1.54) is 6.07 Å². The van der Waals surface area contributed by atoms with Crippen LogP contribution in [-0.2, 0) is 10.9 Å². The molecule has 0 N–H and O–H groups in total. The van der Waals surface area contributed by atoms with Crippen molar-refractivity contribution >= 4 is 5.57 Å². The van der Waals surface area contributed by atoms with Gasteiger partial charge >= 0.3 is 6.18 Å². The Kier molecular flexibility index (Phi) is 3.71.